The van der Waals surface area contributed by atoms with Crippen molar-refractivity contribution >= 4 is 5.78 Å². The predicted octanol–water partition coefficient (Wildman–Crippen LogP) is -1.31. The van der Waals surface area contributed by atoms with Gasteiger partial charge in [0.1, 0.15) is 0 Å². The molecule has 0 aliphatic carbocycles. The van der Waals surface area contributed by atoms with Crippen molar-refractivity contribution in [2.75, 3.05) is 26.2 Å². The van der Waals surface area contributed by atoms with E-state index in [1.54, 1.807) is 0 Å². The number of Topliss-reactive ketones (excluding diaryl/α,β-unsaturated/α-hetero) is 1. The van der Waals surface area contributed by atoms with Gasteiger partial charge in [-0.15, -0.1) is 0 Å². The molecule has 0 aromatic rings. The van der Waals surface area contributed by atoms with Gasteiger partial charge in [-0.25, -0.2) is 0 Å². The van der Waals surface area contributed by atoms with Gasteiger partial charge in [0.2, 0.25) is 0 Å². The van der Waals surface area contributed by atoms with Crippen LogP contribution in [0.4, 0.5) is 0 Å². The summed E-state index contributed by atoms with van der Waals surface area (Å²) in [5.74, 6) is 0.179. The number of aliphatic hydroxyl groups excluding tert-OH is 2. The molecule has 2 atom stereocenters. The smallest absolute Gasteiger partial charge is 0.166 e. The fourth-order valence-corrected chi connectivity index (χ4v) is 2.32. The first-order valence-electron chi connectivity index (χ1n) is 5.87. The van der Waals surface area contributed by atoms with E-state index in [1.165, 1.54) is 0 Å². The predicted molar refractivity (Wildman–Crippen MR) is 59.1 cm³/mol. The molecule has 2 rings (SSSR count). The lowest BCUT2D eigenvalue weighted by molar-refractivity contribution is -0.137. The van der Waals surface area contributed by atoms with Crippen LogP contribution >= 0.6 is 0 Å². The Kier molecular flexibility index (Phi) is 3.30. The number of likely N-dealkylation sites (tertiary alicyclic amines) is 2. The minimum absolute atomic E-state index is 0.129. The van der Waals surface area contributed by atoms with Crippen molar-refractivity contribution in [3.8, 4) is 0 Å². The van der Waals surface area contributed by atoms with E-state index in [-0.39, 0.29) is 30.1 Å². The van der Waals surface area contributed by atoms with Gasteiger partial charge in [0.05, 0.1) is 24.3 Å². The average Bonchev–Trinajstić information content (AvgIpc) is 2.17. The fraction of sp³-hybridized carbons (Fsp3) is 0.909. The largest absolute Gasteiger partial charge is 0.390 e. The van der Waals surface area contributed by atoms with Gasteiger partial charge >= 0.3 is 0 Å². The zero-order valence-electron chi connectivity index (χ0n) is 9.83. The Bertz CT molecular complexity index is 246. The third kappa shape index (κ3) is 2.13. The molecule has 2 fully saturated rings. The molecule has 2 N–H and O–H groups in total. The summed E-state index contributed by atoms with van der Waals surface area (Å²) in [5, 5.41) is 18.4. The van der Waals surface area contributed by atoms with Crippen molar-refractivity contribution in [1.82, 2.24) is 9.80 Å². The second-order valence-electron chi connectivity index (χ2n) is 4.97. The molecule has 0 amide bonds. The second kappa shape index (κ2) is 4.41. The first-order chi connectivity index (χ1) is 7.49. The van der Waals surface area contributed by atoms with Gasteiger partial charge in [-0.2, -0.15) is 0 Å². The molecule has 2 aliphatic rings. The van der Waals surface area contributed by atoms with Crippen LogP contribution in [0.15, 0.2) is 0 Å². The third-order valence-electron chi connectivity index (χ3n) is 3.70. The molecule has 0 radical (unpaired) electrons. The van der Waals surface area contributed by atoms with Crippen molar-refractivity contribution in [2.45, 2.75) is 38.1 Å². The number of hydrogen-bond acceptors (Lipinski definition) is 5. The van der Waals surface area contributed by atoms with Crippen LogP contribution in [0.25, 0.3) is 0 Å². The molecule has 0 bridgehead atoms. The van der Waals surface area contributed by atoms with Crippen molar-refractivity contribution < 1.29 is 15.0 Å². The van der Waals surface area contributed by atoms with Crippen molar-refractivity contribution in [3.63, 3.8) is 0 Å². The molecule has 0 saturated carbocycles. The van der Waals surface area contributed by atoms with E-state index in [1.807, 2.05) is 23.6 Å². The molecule has 0 aromatic heterocycles. The van der Waals surface area contributed by atoms with Crippen LogP contribution in [-0.4, -0.2) is 76.3 Å². The number of β-amino-alcohol motifs (C(OH)–C–C–N with tert-alkyl or cyclic N) is 2. The molecule has 0 aromatic carbocycles. The van der Waals surface area contributed by atoms with Crippen LogP contribution in [-0.2, 0) is 4.79 Å². The Morgan fingerprint density at radius 1 is 1.00 bits per heavy atom. The summed E-state index contributed by atoms with van der Waals surface area (Å²) in [6.07, 6.45) is -0.534. The summed E-state index contributed by atoms with van der Waals surface area (Å²) < 4.78 is 0. The molecule has 16 heavy (non-hydrogen) atoms. The summed E-state index contributed by atoms with van der Waals surface area (Å²) >= 11 is 0. The van der Waals surface area contributed by atoms with E-state index in [9.17, 15) is 15.0 Å². The summed E-state index contributed by atoms with van der Waals surface area (Å²) in [5.41, 5.74) is 0. The highest BCUT2D eigenvalue weighted by Gasteiger charge is 2.38. The Morgan fingerprint density at radius 3 is 1.56 bits per heavy atom. The summed E-state index contributed by atoms with van der Waals surface area (Å²) in [4.78, 5) is 16.0. The maximum atomic E-state index is 12.1. The first kappa shape index (κ1) is 12.0. The number of carbonyl (C=O) groups is 1. The molecule has 5 nitrogen and oxygen atoms in total. The molecule has 5 heteroatoms. The molecular weight excluding hydrogens is 208 g/mol. The number of ketones is 1. The van der Waals surface area contributed by atoms with E-state index in [2.05, 4.69) is 0 Å². The molecule has 2 heterocycles. The highest BCUT2D eigenvalue weighted by Crippen LogP contribution is 2.18. The summed E-state index contributed by atoms with van der Waals surface area (Å²) in [6, 6.07) is -0.257. The molecule has 2 unspecified atom stereocenters. The van der Waals surface area contributed by atoms with Gasteiger partial charge in [0, 0.05) is 26.2 Å². The molecule has 0 spiro atoms. The SMILES string of the molecule is CC(C(=O)C(C)N1CC(O)C1)N1CC(O)C1. The summed E-state index contributed by atoms with van der Waals surface area (Å²) in [6.45, 7) is 6.18. The lowest BCUT2D eigenvalue weighted by Crippen LogP contribution is -2.62. The Balaban J connectivity index is 1.82. The molecule has 2 saturated heterocycles. The van der Waals surface area contributed by atoms with Crippen LogP contribution in [0, 0.1) is 0 Å². The lowest BCUT2D eigenvalue weighted by atomic mass is 9.98. The standard InChI is InChI=1S/C11H20N2O3/c1-7(12-3-9(14)4-12)11(16)8(2)13-5-10(15)6-13/h7-10,14-15H,3-6H2,1-2H3. The number of rotatable bonds is 4. The van der Waals surface area contributed by atoms with E-state index in [0.29, 0.717) is 26.2 Å². The van der Waals surface area contributed by atoms with E-state index in [0.717, 1.165) is 0 Å². The highest BCUT2D eigenvalue weighted by atomic mass is 16.3. The summed E-state index contributed by atoms with van der Waals surface area (Å²) in [7, 11) is 0. The fourth-order valence-electron chi connectivity index (χ4n) is 2.32. The van der Waals surface area contributed by atoms with Gasteiger partial charge in [0.15, 0.2) is 5.78 Å². The van der Waals surface area contributed by atoms with E-state index in [4.69, 9.17) is 0 Å². The second-order valence-corrected chi connectivity index (χ2v) is 4.97. The Labute approximate surface area is 95.6 Å². The van der Waals surface area contributed by atoms with Crippen molar-refractivity contribution in [3.05, 3.63) is 0 Å². The maximum Gasteiger partial charge on any atom is 0.166 e. The number of hydrogen-bond donors (Lipinski definition) is 2. The van der Waals surface area contributed by atoms with Gasteiger partial charge in [0.25, 0.3) is 0 Å². The van der Waals surface area contributed by atoms with Crippen LogP contribution < -0.4 is 0 Å². The zero-order chi connectivity index (χ0) is 11.9. The molecular formula is C11H20N2O3. The van der Waals surface area contributed by atoms with Gasteiger partial charge in [-0.3, -0.25) is 14.6 Å². The van der Waals surface area contributed by atoms with E-state index >= 15 is 0 Å². The van der Waals surface area contributed by atoms with E-state index < -0.39 is 0 Å². The minimum Gasteiger partial charge on any atom is -0.390 e. The third-order valence-corrected chi connectivity index (χ3v) is 3.70. The first-order valence-corrected chi connectivity index (χ1v) is 5.87. The van der Waals surface area contributed by atoms with Crippen LogP contribution in [0.1, 0.15) is 13.8 Å². The van der Waals surface area contributed by atoms with Gasteiger partial charge in [-0.1, -0.05) is 0 Å². The highest BCUT2D eigenvalue weighted by molar-refractivity contribution is 5.88. The Hall–Kier alpha value is -0.490. The van der Waals surface area contributed by atoms with Gasteiger partial charge < -0.3 is 10.2 Å². The number of aliphatic hydroxyl groups is 2. The number of nitrogens with zero attached hydrogens (tertiary/aromatic N) is 2. The molecule has 92 valence electrons. The zero-order valence-corrected chi connectivity index (χ0v) is 9.83. The van der Waals surface area contributed by atoms with Crippen LogP contribution in [0.3, 0.4) is 0 Å². The minimum atomic E-state index is -0.267. The monoisotopic (exact) mass is 228 g/mol. The van der Waals surface area contributed by atoms with Crippen molar-refractivity contribution in [2.24, 2.45) is 0 Å². The Morgan fingerprint density at radius 2 is 1.31 bits per heavy atom. The van der Waals surface area contributed by atoms with Crippen LogP contribution in [0.5, 0.6) is 0 Å². The normalized spacial score (nSPS) is 28.2. The quantitative estimate of drug-likeness (QED) is 0.625. The average molecular weight is 228 g/mol. The lowest BCUT2D eigenvalue weighted by Gasteiger charge is -2.44. The van der Waals surface area contributed by atoms with Crippen LogP contribution in [0.2, 0.25) is 0 Å². The maximum absolute atomic E-state index is 12.1. The van der Waals surface area contributed by atoms with Gasteiger partial charge in [-0.05, 0) is 13.8 Å². The topological polar surface area (TPSA) is 64.0 Å². The number of carbonyl (C=O) groups excluding carboxylic acids is 1. The van der Waals surface area contributed by atoms with Crippen molar-refractivity contribution in [1.29, 1.82) is 0 Å². The molecule has 2 aliphatic heterocycles.